The summed E-state index contributed by atoms with van der Waals surface area (Å²) >= 11 is 0.740. The van der Waals surface area contributed by atoms with Gasteiger partial charge in [-0.3, -0.25) is 4.98 Å². The fraction of sp³-hybridized carbons (Fsp3) is 0.448. The zero-order valence-corrected chi connectivity index (χ0v) is 23.7. The monoisotopic (exact) mass is 594 g/mol. The summed E-state index contributed by atoms with van der Waals surface area (Å²) in [5.74, 6) is -2.66. The Labute approximate surface area is 244 Å². The van der Waals surface area contributed by atoms with E-state index in [1.165, 1.54) is 19.0 Å². The minimum atomic E-state index is -1.19. The maximum absolute atomic E-state index is 16.5. The summed E-state index contributed by atoms with van der Waals surface area (Å²) in [7, 11) is 0. The third kappa shape index (κ3) is 4.67. The number of piperazine rings is 1. The lowest BCUT2D eigenvalue weighted by Gasteiger charge is -2.29. The van der Waals surface area contributed by atoms with Crippen molar-refractivity contribution in [1.82, 2.24) is 25.2 Å². The molecule has 218 valence electrons. The number of ether oxygens (including phenoxy) is 1. The molecule has 3 aliphatic rings. The number of aromatic nitrogens is 3. The molecule has 3 fully saturated rings. The smallest absolute Gasteiger partial charge is 0.319 e. The number of benzene rings is 1. The van der Waals surface area contributed by atoms with Gasteiger partial charge in [0.15, 0.2) is 17.5 Å². The summed E-state index contributed by atoms with van der Waals surface area (Å²) in [6.07, 6.45) is 5.99. The summed E-state index contributed by atoms with van der Waals surface area (Å²) in [4.78, 5) is 18.0. The molecule has 1 saturated carbocycles. The number of fused-ring (bicyclic) bond motifs is 2. The molecule has 0 atom stereocenters. The molecule has 7 rings (SSSR count). The fourth-order valence-electron chi connectivity index (χ4n) is 6.08. The minimum absolute atomic E-state index is 0.0152. The second-order valence-electron chi connectivity index (χ2n) is 11.4. The van der Waals surface area contributed by atoms with Crippen molar-refractivity contribution in [2.24, 2.45) is 5.41 Å². The molecule has 13 heteroatoms. The Morgan fingerprint density at radius 1 is 1.10 bits per heavy atom. The minimum Gasteiger partial charge on any atom is -0.463 e. The Bertz CT molecular complexity index is 1740. The molecule has 42 heavy (non-hydrogen) atoms. The summed E-state index contributed by atoms with van der Waals surface area (Å²) in [6, 6.07) is 2.86. The highest BCUT2D eigenvalue weighted by molar-refractivity contribution is 7.23. The Morgan fingerprint density at radius 2 is 1.86 bits per heavy atom. The molecule has 3 N–H and O–H groups in total. The molecule has 3 aromatic heterocycles. The molecule has 0 spiro atoms. The van der Waals surface area contributed by atoms with Crippen molar-refractivity contribution in [3.05, 3.63) is 35.3 Å². The first-order valence-electron chi connectivity index (χ1n) is 14.1. The summed E-state index contributed by atoms with van der Waals surface area (Å²) in [5.41, 5.74) is 5.57. The van der Waals surface area contributed by atoms with E-state index in [0.29, 0.717) is 30.9 Å². The third-order valence-corrected chi connectivity index (χ3v) is 9.55. The van der Waals surface area contributed by atoms with Gasteiger partial charge >= 0.3 is 6.01 Å². The van der Waals surface area contributed by atoms with Crippen molar-refractivity contribution < 1.29 is 17.9 Å². The van der Waals surface area contributed by atoms with Crippen LogP contribution in [0.1, 0.15) is 31.2 Å². The van der Waals surface area contributed by atoms with E-state index in [0.717, 1.165) is 63.0 Å². The number of thiophene rings is 1. The van der Waals surface area contributed by atoms with Gasteiger partial charge in [0.25, 0.3) is 0 Å². The number of nitrogen functional groups attached to an aromatic ring is 1. The van der Waals surface area contributed by atoms with Gasteiger partial charge in [0.2, 0.25) is 0 Å². The Hall–Kier alpha value is -3.73. The highest BCUT2D eigenvalue weighted by atomic mass is 32.1. The van der Waals surface area contributed by atoms with E-state index in [-0.39, 0.29) is 48.9 Å². The van der Waals surface area contributed by atoms with Crippen molar-refractivity contribution in [2.45, 2.75) is 25.7 Å². The van der Waals surface area contributed by atoms with Crippen molar-refractivity contribution in [2.75, 3.05) is 63.1 Å². The van der Waals surface area contributed by atoms with Gasteiger partial charge in [-0.15, -0.1) is 11.3 Å². The van der Waals surface area contributed by atoms with Crippen molar-refractivity contribution >= 4 is 43.1 Å². The van der Waals surface area contributed by atoms with Gasteiger partial charge < -0.3 is 25.6 Å². The first-order chi connectivity index (χ1) is 20.4. The van der Waals surface area contributed by atoms with Gasteiger partial charge in [-0.2, -0.15) is 15.2 Å². The van der Waals surface area contributed by atoms with Gasteiger partial charge in [-0.05, 0) is 44.8 Å². The lowest BCUT2D eigenvalue weighted by Crippen LogP contribution is -2.44. The average Bonchev–Trinajstić information content (AvgIpc) is 3.40. The van der Waals surface area contributed by atoms with E-state index in [1.54, 1.807) is 0 Å². The predicted molar refractivity (Wildman–Crippen MR) is 155 cm³/mol. The highest BCUT2D eigenvalue weighted by Crippen LogP contribution is 2.47. The number of likely N-dealkylation sites (tertiary alicyclic amines) is 1. The maximum atomic E-state index is 16.5. The van der Waals surface area contributed by atoms with Crippen LogP contribution in [0, 0.1) is 34.2 Å². The van der Waals surface area contributed by atoms with Crippen LogP contribution in [0.4, 0.5) is 24.0 Å². The van der Waals surface area contributed by atoms with Crippen LogP contribution in [-0.4, -0.2) is 72.3 Å². The Kier molecular flexibility index (Phi) is 6.79. The lowest BCUT2D eigenvalue weighted by molar-refractivity contribution is 0.170. The molecule has 0 radical (unpaired) electrons. The van der Waals surface area contributed by atoms with E-state index in [4.69, 9.17) is 15.5 Å². The number of rotatable bonds is 7. The van der Waals surface area contributed by atoms with Crippen LogP contribution < -0.4 is 20.7 Å². The van der Waals surface area contributed by atoms with E-state index in [1.807, 2.05) is 11.0 Å². The Balaban J connectivity index is 1.33. The molecular formula is C29H29F3N8OS. The van der Waals surface area contributed by atoms with Gasteiger partial charge in [-0.1, -0.05) is 0 Å². The first kappa shape index (κ1) is 27.1. The SMILES string of the molecule is N#Cc1c(N)sc2c(F)c(F)cc(-c3ncc4c(N5CCNCC5)nc(OCC5(CN6CCCC6)CC5)nc4c3F)c12. The standard InChI is InChI=1S/C29H29F3N8OS/c30-19-11-16(20-17(12-33)26(34)42-25(20)21(19)31)23-22(32)24-18(13-36-23)27(40-9-5-35-6-10-40)38-28(37-24)41-15-29(3-4-29)14-39-7-1-2-8-39/h11,13,35H,1-10,14-15,34H2. The van der Waals surface area contributed by atoms with Crippen molar-refractivity contribution in [1.29, 1.82) is 5.26 Å². The van der Waals surface area contributed by atoms with Gasteiger partial charge in [-0.25, -0.2) is 13.2 Å². The normalized spacial score (nSPS) is 18.6. The van der Waals surface area contributed by atoms with Crippen LogP contribution in [0.2, 0.25) is 0 Å². The fourth-order valence-corrected chi connectivity index (χ4v) is 7.05. The van der Waals surface area contributed by atoms with Crippen LogP contribution >= 0.6 is 11.3 Å². The highest BCUT2D eigenvalue weighted by Gasteiger charge is 2.45. The van der Waals surface area contributed by atoms with Gasteiger partial charge in [0.1, 0.15) is 28.1 Å². The molecule has 1 aliphatic carbocycles. The van der Waals surface area contributed by atoms with E-state index in [9.17, 15) is 14.0 Å². The number of hydrogen-bond acceptors (Lipinski definition) is 10. The Morgan fingerprint density at radius 3 is 2.57 bits per heavy atom. The molecule has 0 unspecified atom stereocenters. The van der Waals surface area contributed by atoms with Crippen molar-refractivity contribution in [3.63, 3.8) is 0 Å². The molecular weight excluding hydrogens is 565 g/mol. The maximum Gasteiger partial charge on any atom is 0.319 e. The predicted octanol–water partition coefficient (Wildman–Crippen LogP) is 4.44. The molecule has 4 aromatic rings. The van der Waals surface area contributed by atoms with Crippen molar-refractivity contribution in [3.8, 4) is 23.3 Å². The topological polar surface area (TPSA) is 116 Å². The summed E-state index contributed by atoms with van der Waals surface area (Å²) in [5, 5.41) is 13.4. The molecule has 9 nitrogen and oxygen atoms in total. The molecule has 1 aromatic carbocycles. The molecule has 0 bridgehead atoms. The molecule has 5 heterocycles. The van der Waals surface area contributed by atoms with E-state index < -0.39 is 17.5 Å². The average molecular weight is 595 g/mol. The number of nitrogens with two attached hydrogens (primary N) is 1. The van der Waals surface area contributed by atoms with Crippen LogP contribution in [0.15, 0.2) is 12.3 Å². The number of nitrogens with zero attached hydrogens (tertiary/aromatic N) is 6. The molecule has 2 aliphatic heterocycles. The number of nitriles is 1. The van der Waals surface area contributed by atoms with Crippen LogP contribution in [0.25, 0.3) is 32.2 Å². The van der Waals surface area contributed by atoms with Gasteiger partial charge in [0, 0.05) is 55.3 Å². The zero-order valence-electron chi connectivity index (χ0n) is 22.9. The quantitative estimate of drug-likeness (QED) is 0.320. The van der Waals surface area contributed by atoms with Gasteiger partial charge in [0.05, 0.1) is 22.3 Å². The molecule has 2 saturated heterocycles. The second-order valence-corrected chi connectivity index (χ2v) is 12.5. The second kappa shape index (κ2) is 10.5. The third-order valence-electron chi connectivity index (χ3n) is 8.53. The number of pyridine rings is 1. The summed E-state index contributed by atoms with van der Waals surface area (Å²) < 4.78 is 51.9. The number of hydrogen-bond donors (Lipinski definition) is 2. The van der Waals surface area contributed by atoms with E-state index >= 15 is 4.39 Å². The number of nitrogens with one attached hydrogen (secondary N) is 1. The number of anilines is 2. The lowest BCUT2D eigenvalue weighted by atomic mass is 10.0. The summed E-state index contributed by atoms with van der Waals surface area (Å²) in [6.45, 7) is 6.36. The largest absolute Gasteiger partial charge is 0.463 e. The van der Waals surface area contributed by atoms with Crippen LogP contribution in [0.3, 0.4) is 0 Å². The molecule has 0 amide bonds. The van der Waals surface area contributed by atoms with Crippen LogP contribution in [0.5, 0.6) is 6.01 Å². The first-order valence-corrected chi connectivity index (χ1v) is 15.0. The zero-order chi connectivity index (χ0) is 29.0. The number of halogens is 3. The van der Waals surface area contributed by atoms with E-state index in [2.05, 4.69) is 20.2 Å². The van der Waals surface area contributed by atoms with Crippen LogP contribution in [-0.2, 0) is 0 Å².